The molecule has 1 aromatic heterocycles. The molecule has 0 saturated carbocycles. The molecule has 1 atom stereocenters. The Bertz CT molecular complexity index is 576. The molecular weight excluding hydrogens is 340 g/mol. The van der Waals surface area contributed by atoms with Gasteiger partial charge in [0.1, 0.15) is 0 Å². The molecule has 2 saturated heterocycles. The summed E-state index contributed by atoms with van der Waals surface area (Å²) in [6.45, 7) is 9.44. The number of hydrogen-bond acceptors (Lipinski definition) is 4. The van der Waals surface area contributed by atoms with Crippen LogP contribution < -0.4 is 5.32 Å². The first-order chi connectivity index (χ1) is 13.2. The van der Waals surface area contributed by atoms with Crippen LogP contribution >= 0.6 is 0 Å². The van der Waals surface area contributed by atoms with Crippen LogP contribution in [0.25, 0.3) is 0 Å². The molecule has 2 aliphatic rings. The van der Waals surface area contributed by atoms with Crippen molar-refractivity contribution in [2.75, 3.05) is 39.4 Å². The molecule has 6 heteroatoms. The van der Waals surface area contributed by atoms with Gasteiger partial charge in [-0.2, -0.15) is 0 Å². The zero-order chi connectivity index (χ0) is 18.9. The van der Waals surface area contributed by atoms with Crippen molar-refractivity contribution >= 4 is 5.96 Å². The second kappa shape index (κ2) is 10.6. The summed E-state index contributed by atoms with van der Waals surface area (Å²) in [5.74, 6) is 1.02. The Morgan fingerprint density at radius 3 is 2.85 bits per heavy atom. The molecule has 0 aromatic carbocycles. The van der Waals surface area contributed by atoms with Crippen LogP contribution in [0.4, 0.5) is 0 Å². The van der Waals surface area contributed by atoms with Gasteiger partial charge >= 0.3 is 0 Å². The van der Waals surface area contributed by atoms with Crippen LogP contribution in [0.1, 0.15) is 43.9 Å². The largest absolute Gasteiger partial charge is 0.376 e. The minimum atomic E-state index is 0.318. The molecular formula is C21H34N4O2. The van der Waals surface area contributed by atoms with E-state index >= 15 is 0 Å². The standard InChI is InChI=1S/C21H34N4O2/c1-3-22-21(23-11-8-18-7-6-17(2)24-15-18)25-12-9-19(10-13-25)27-16-20-5-4-14-26-20/h6-7,15,19-20H,3-5,8-14,16H2,1-2H3,(H,22,23). The Labute approximate surface area is 163 Å². The van der Waals surface area contributed by atoms with E-state index in [0.717, 1.165) is 76.7 Å². The lowest BCUT2D eigenvalue weighted by molar-refractivity contribution is -0.0367. The molecule has 1 aromatic rings. The molecule has 0 spiro atoms. The predicted octanol–water partition coefficient (Wildman–Crippen LogP) is 2.56. The van der Waals surface area contributed by atoms with Crippen LogP contribution in [-0.2, 0) is 15.9 Å². The molecule has 0 amide bonds. The lowest BCUT2D eigenvalue weighted by Crippen LogP contribution is -2.47. The van der Waals surface area contributed by atoms with Crippen LogP contribution in [0, 0.1) is 6.92 Å². The summed E-state index contributed by atoms with van der Waals surface area (Å²) in [4.78, 5) is 11.6. The Balaban J connectivity index is 1.43. The van der Waals surface area contributed by atoms with Gasteiger partial charge in [0.2, 0.25) is 0 Å². The number of pyridine rings is 1. The van der Waals surface area contributed by atoms with Gasteiger partial charge in [-0.05, 0) is 57.6 Å². The number of nitrogens with zero attached hydrogens (tertiary/aromatic N) is 3. The van der Waals surface area contributed by atoms with Crippen molar-refractivity contribution < 1.29 is 9.47 Å². The van der Waals surface area contributed by atoms with Crippen LogP contribution in [0.5, 0.6) is 0 Å². The number of aliphatic imine (C=N–C) groups is 1. The van der Waals surface area contributed by atoms with Gasteiger partial charge in [-0.25, -0.2) is 0 Å². The van der Waals surface area contributed by atoms with Crippen molar-refractivity contribution in [1.29, 1.82) is 0 Å². The van der Waals surface area contributed by atoms with E-state index in [1.165, 1.54) is 12.0 Å². The number of aromatic nitrogens is 1. The summed E-state index contributed by atoms with van der Waals surface area (Å²) in [5.41, 5.74) is 2.29. The number of aryl methyl sites for hydroxylation is 1. The van der Waals surface area contributed by atoms with Gasteiger partial charge in [-0.3, -0.25) is 9.98 Å². The maximum Gasteiger partial charge on any atom is 0.193 e. The Kier molecular flexibility index (Phi) is 7.90. The normalized spacial score (nSPS) is 21.6. The Hall–Kier alpha value is -1.66. The first kappa shape index (κ1) is 20.1. The molecule has 27 heavy (non-hydrogen) atoms. The maximum absolute atomic E-state index is 6.08. The molecule has 1 N–H and O–H groups in total. The topological polar surface area (TPSA) is 59.0 Å². The smallest absolute Gasteiger partial charge is 0.193 e. The lowest BCUT2D eigenvalue weighted by atomic mass is 10.1. The average Bonchev–Trinajstić information content (AvgIpc) is 3.21. The van der Waals surface area contributed by atoms with Gasteiger partial charge in [0.25, 0.3) is 0 Å². The molecule has 1 unspecified atom stereocenters. The van der Waals surface area contributed by atoms with E-state index in [0.29, 0.717) is 12.2 Å². The molecule has 6 nitrogen and oxygen atoms in total. The van der Waals surface area contributed by atoms with Gasteiger partial charge in [0.05, 0.1) is 18.8 Å². The zero-order valence-corrected chi connectivity index (χ0v) is 16.8. The zero-order valence-electron chi connectivity index (χ0n) is 16.8. The number of nitrogens with one attached hydrogen (secondary N) is 1. The third-order valence-electron chi connectivity index (χ3n) is 5.25. The number of piperidine rings is 1. The fraction of sp³-hybridized carbons (Fsp3) is 0.714. The van der Waals surface area contributed by atoms with Crippen molar-refractivity contribution in [2.45, 2.75) is 58.2 Å². The summed E-state index contributed by atoms with van der Waals surface area (Å²) in [7, 11) is 0. The second-order valence-electron chi connectivity index (χ2n) is 7.45. The first-order valence-electron chi connectivity index (χ1n) is 10.4. The molecule has 0 bridgehead atoms. The van der Waals surface area contributed by atoms with E-state index < -0.39 is 0 Å². The number of ether oxygens (including phenoxy) is 2. The maximum atomic E-state index is 6.08. The van der Waals surface area contributed by atoms with Crippen molar-refractivity contribution in [3.05, 3.63) is 29.6 Å². The average molecular weight is 375 g/mol. The van der Waals surface area contributed by atoms with Crippen molar-refractivity contribution in [3.63, 3.8) is 0 Å². The fourth-order valence-electron chi connectivity index (χ4n) is 3.62. The highest BCUT2D eigenvalue weighted by Gasteiger charge is 2.24. The van der Waals surface area contributed by atoms with Gasteiger partial charge in [0, 0.05) is 44.7 Å². The lowest BCUT2D eigenvalue weighted by Gasteiger charge is -2.34. The van der Waals surface area contributed by atoms with Crippen molar-refractivity contribution in [1.82, 2.24) is 15.2 Å². The van der Waals surface area contributed by atoms with Crippen LogP contribution in [-0.4, -0.2) is 67.4 Å². The molecule has 0 radical (unpaired) electrons. The number of rotatable bonds is 7. The molecule has 3 heterocycles. The summed E-state index contributed by atoms with van der Waals surface area (Å²) in [5, 5.41) is 3.44. The van der Waals surface area contributed by atoms with Crippen LogP contribution in [0.3, 0.4) is 0 Å². The van der Waals surface area contributed by atoms with E-state index in [9.17, 15) is 0 Å². The minimum Gasteiger partial charge on any atom is -0.376 e. The van der Waals surface area contributed by atoms with Gasteiger partial charge in [-0.15, -0.1) is 0 Å². The van der Waals surface area contributed by atoms with Crippen molar-refractivity contribution in [2.24, 2.45) is 4.99 Å². The molecule has 2 fully saturated rings. The second-order valence-corrected chi connectivity index (χ2v) is 7.45. The van der Waals surface area contributed by atoms with E-state index in [4.69, 9.17) is 14.5 Å². The summed E-state index contributed by atoms with van der Waals surface area (Å²) < 4.78 is 11.7. The quantitative estimate of drug-likeness (QED) is 0.587. The van der Waals surface area contributed by atoms with Crippen molar-refractivity contribution in [3.8, 4) is 0 Å². The molecule has 150 valence electrons. The first-order valence-corrected chi connectivity index (χ1v) is 10.4. The number of guanidine groups is 1. The van der Waals surface area contributed by atoms with Crippen LogP contribution in [0.15, 0.2) is 23.3 Å². The monoisotopic (exact) mass is 374 g/mol. The summed E-state index contributed by atoms with van der Waals surface area (Å²) >= 11 is 0. The number of likely N-dealkylation sites (tertiary alicyclic amines) is 1. The molecule has 3 rings (SSSR count). The molecule has 0 aliphatic carbocycles. The highest BCUT2D eigenvalue weighted by Crippen LogP contribution is 2.18. The summed E-state index contributed by atoms with van der Waals surface area (Å²) in [6.07, 6.45) is 7.97. The van der Waals surface area contributed by atoms with E-state index in [2.05, 4.69) is 34.3 Å². The number of hydrogen-bond donors (Lipinski definition) is 1. The third kappa shape index (κ3) is 6.47. The van der Waals surface area contributed by atoms with Gasteiger partial charge < -0.3 is 19.7 Å². The fourth-order valence-corrected chi connectivity index (χ4v) is 3.62. The SMILES string of the molecule is CCNC(=NCCc1ccc(C)nc1)N1CCC(OCC2CCCO2)CC1. The van der Waals surface area contributed by atoms with E-state index in [1.54, 1.807) is 0 Å². The third-order valence-corrected chi connectivity index (χ3v) is 5.25. The van der Waals surface area contributed by atoms with E-state index in [1.807, 2.05) is 13.1 Å². The molecule has 2 aliphatic heterocycles. The minimum absolute atomic E-state index is 0.318. The van der Waals surface area contributed by atoms with Crippen LogP contribution in [0.2, 0.25) is 0 Å². The Morgan fingerprint density at radius 1 is 1.33 bits per heavy atom. The Morgan fingerprint density at radius 2 is 2.19 bits per heavy atom. The predicted molar refractivity (Wildman–Crippen MR) is 108 cm³/mol. The summed E-state index contributed by atoms with van der Waals surface area (Å²) in [6, 6.07) is 4.20. The van der Waals surface area contributed by atoms with Gasteiger partial charge in [0.15, 0.2) is 5.96 Å². The van der Waals surface area contributed by atoms with Gasteiger partial charge in [-0.1, -0.05) is 6.07 Å². The highest BCUT2D eigenvalue weighted by atomic mass is 16.5. The highest BCUT2D eigenvalue weighted by molar-refractivity contribution is 5.80. The van der Waals surface area contributed by atoms with E-state index in [-0.39, 0.29) is 0 Å².